The fourth-order valence-electron chi connectivity index (χ4n) is 9.31. The molecule has 31 nitrogen and oxygen atoms in total. The Morgan fingerprint density at radius 3 is 1.89 bits per heavy atom. The number of esters is 1. The average Bonchev–Trinajstić information content (AvgIpc) is 3.37. The number of carboxylic acid groups (broad SMARTS) is 2. The van der Waals surface area contributed by atoms with Gasteiger partial charge in [0.15, 0.2) is 25.0 Å². The number of unbranched alkanes of at least 4 members (excludes halogenated alkanes) is 5. The number of nitrogens with two attached hydrogens (primary N) is 1. The molecule has 5 fully saturated rings. The molecule has 5 aliphatic heterocycles. The number of carboxylic acids is 2. The lowest BCUT2D eigenvalue weighted by Crippen LogP contribution is -2.73. The number of nitrogens with one attached hydrogen (secondary N) is 1. The Morgan fingerprint density at radius 1 is 0.689 bits per heavy atom. The molecular formula is C43H74N2O29. The van der Waals surface area contributed by atoms with Gasteiger partial charge < -0.3 is 135 Å². The molecule has 0 unspecified atom stereocenters. The molecule has 19 N–H and O–H groups in total. The maximum Gasteiger partial charge on any atom is 0.364 e. The van der Waals surface area contributed by atoms with E-state index in [1.54, 1.807) is 0 Å². The van der Waals surface area contributed by atoms with Gasteiger partial charge in [-0.15, -0.1) is 0 Å². The molecule has 0 bridgehead atoms. The number of methoxy groups -OCH3 is 1. The first kappa shape index (κ1) is 62.3. The number of rotatable bonds is 25. The van der Waals surface area contributed by atoms with Gasteiger partial charge in [-0.05, 0) is 19.8 Å². The first-order valence-corrected chi connectivity index (χ1v) is 24.2. The van der Waals surface area contributed by atoms with E-state index in [1.165, 1.54) is 14.0 Å². The molecule has 74 heavy (non-hydrogen) atoms. The summed E-state index contributed by atoms with van der Waals surface area (Å²) >= 11 is 0. The molecule has 0 saturated carbocycles. The van der Waals surface area contributed by atoms with Crippen molar-refractivity contribution < 1.29 is 143 Å². The van der Waals surface area contributed by atoms with Gasteiger partial charge in [0.2, 0.25) is 0 Å². The van der Waals surface area contributed by atoms with Crippen LogP contribution in [-0.4, -0.2) is 292 Å². The predicted molar refractivity (Wildman–Crippen MR) is 235 cm³/mol. The van der Waals surface area contributed by atoms with Crippen LogP contribution in [0.2, 0.25) is 0 Å². The molecule has 430 valence electrons. The number of aliphatic carboxylic acids is 2. The summed E-state index contributed by atoms with van der Waals surface area (Å²) < 4.78 is 57.9. The molecule has 26 atom stereocenters. The maximum atomic E-state index is 13.1. The van der Waals surface area contributed by atoms with Crippen molar-refractivity contribution in [3.63, 3.8) is 0 Å². The summed E-state index contributed by atoms with van der Waals surface area (Å²) in [4.78, 5) is 36.8. The zero-order valence-corrected chi connectivity index (χ0v) is 40.5. The van der Waals surface area contributed by atoms with Crippen molar-refractivity contribution in [3.05, 3.63) is 0 Å². The zero-order valence-electron chi connectivity index (χ0n) is 40.5. The highest BCUT2D eigenvalue weighted by Crippen LogP contribution is 2.39. The summed E-state index contributed by atoms with van der Waals surface area (Å²) in [5.41, 5.74) is 6.00. The van der Waals surface area contributed by atoms with Gasteiger partial charge >= 0.3 is 17.9 Å². The highest BCUT2D eigenvalue weighted by atomic mass is 16.8. The smallest absolute Gasteiger partial charge is 0.364 e. The number of hydrogen-bond acceptors (Lipinski definition) is 29. The van der Waals surface area contributed by atoms with Gasteiger partial charge in [-0.2, -0.15) is 0 Å². The third kappa shape index (κ3) is 14.4. The monoisotopic (exact) mass is 1080 g/mol. The van der Waals surface area contributed by atoms with E-state index in [4.69, 9.17) is 48.4 Å². The number of ether oxygens (including phenoxy) is 10. The third-order valence-corrected chi connectivity index (χ3v) is 13.7. The minimum absolute atomic E-state index is 0.143. The highest BCUT2D eigenvalue weighted by molar-refractivity contribution is 5.76. The lowest BCUT2D eigenvalue weighted by molar-refractivity contribution is -0.391. The fraction of sp³-hybridized carbons (Fsp3) is 0.930. The van der Waals surface area contributed by atoms with E-state index in [-0.39, 0.29) is 19.0 Å². The molecule has 5 heterocycles. The van der Waals surface area contributed by atoms with E-state index < -0.39 is 197 Å². The first-order chi connectivity index (χ1) is 35.0. The Morgan fingerprint density at radius 2 is 1.28 bits per heavy atom. The van der Waals surface area contributed by atoms with E-state index in [1.807, 2.05) is 0 Å². The van der Waals surface area contributed by atoms with Crippen LogP contribution >= 0.6 is 0 Å². The van der Waals surface area contributed by atoms with E-state index in [0.29, 0.717) is 32.1 Å². The molecule has 0 aromatic rings. The molecule has 0 aliphatic carbocycles. The molecule has 5 rings (SSSR count). The van der Waals surface area contributed by atoms with Crippen LogP contribution in [0.25, 0.3) is 0 Å². The minimum atomic E-state index is -3.15. The van der Waals surface area contributed by atoms with Crippen molar-refractivity contribution in [2.24, 2.45) is 5.73 Å². The van der Waals surface area contributed by atoms with Crippen LogP contribution in [0.15, 0.2) is 0 Å². The Hall–Kier alpha value is -2.59. The number of aliphatic hydroxyl groups is 14. The third-order valence-electron chi connectivity index (χ3n) is 13.7. The lowest BCUT2D eigenvalue weighted by atomic mass is 9.88. The van der Waals surface area contributed by atoms with Gasteiger partial charge in [0.25, 0.3) is 5.79 Å². The zero-order chi connectivity index (χ0) is 54.9. The van der Waals surface area contributed by atoms with Gasteiger partial charge in [-0.3, -0.25) is 10.1 Å². The summed E-state index contributed by atoms with van der Waals surface area (Å²) in [6.45, 7) is -2.05. The summed E-state index contributed by atoms with van der Waals surface area (Å²) in [6, 6.07) is -3.41. The molecule has 5 saturated heterocycles. The Labute approximate surface area is 422 Å². The standard InChI is InChI=1S/C43H74N2O29/c1-15-23(52)26(55)30(59)40(67-15)71-32-19(14-48)69-39(66-10-8-6-4-3-5-7-9-20(51)65-2)22(45-37-29(58)27(56)28(57)36(70-37)38(61)62)34(32)72-41-31(60)35(25(54)18(13-47)68-41)74-43(42(63)64)11-16(49)21(44)33(73-43)24(53)17(50)12-46/h15-19,21-37,39-41,45-50,52-60H,3-14,44H2,1-2H3,(H,61,62)(H,63,64)/t15-,16-,17+,18+,19+,21+,22+,23+,24+,25-,26+,27-,28-,29+,30-,31+,32+,33+,34+,35-,36-,37+,39+,40-,41-,43-/m0/s1. The molecule has 0 aromatic carbocycles. The summed E-state index contributed by atoms with van der Waals surface area (Å²) in [5.74, 6) is -7.34. The molecule has 0 spiro atoms. The second kappa shape index (κ2) is 27.8. The molecule has 0 aromatic heterocycles. The number of carbonyl (C=O) groups is 3. The van der Waals surface area contributed by atoms with Gasteiger partial charge in [-0.25, -0.2) is 9.59 Å². The van der Waals surface area contributed by atoms with Crippen LogP contribution in [0.5, 0.6) is 0 Å². The van der Waals surface area contributed by atoms with Crippen molar-refractivity contribution in [1.82, 2.24) is 5.32 Å². The predicted octanol–water partition coefficient (Wildman–Crippen LogP) is -9.13. The Bertz CT molecular complexity index is 1760. The van der Waals surface area contributed by atoms with Crippen LogP contribution < -0.4 is 11.1 Å². The van der Waals surface area contributed by atoms with Crippen molar-refractivity contribution in [1.29, 1.82) is 0 Å². The maximum absolute atomic E-state index is 13.1. The van der Waals surface area contributed by atoms with Crippen LogP contribution in [-0.2, 0) is 61.8 Å². The largest absolute Gasteiger partial charge is 0.479 e. The Kier molecular flexibility index (Phi) is 23.4. The lowest BCUT2D eigenvalue weighted by Gasteiger charge is -2.52. The second-order valence-electron chi connectivity index (χ2n) is 18.9. The van der Waals surface area contributed by atoms with Crippen molar-refractivity contribution >= 4 is 17.9 Å². The van der Waals surface area contributed by atoms with E-state index in [0.717, 1.165) is 6.42 Å². The molecule has 0 radical (unpaired) electrons. The van der Waals surface area contributed by atoms with Crippen LogP contribution in [0.1, 0.15) is 58.3 Å². The van der Waals surface area contributed by atoms with Crippen molar-refractivity contribution in [2.45, 2.75) is 217 Å². The molecule has 31 heteroatoms. The molecule has 5 aliphatic rings. The van der Waals surface area contributed by atoms with Crippen LogP contribution in [0, 0.1) is 0 Å². The summed E-state index contributed by atoms with van der Waals surface area (Å²) in [5, 5.41) is 174. The van der Waals surface area contributed by atoms with Gasteiger partial charge in [0.05, 0.1) is 51.2 Å². The van der Waals surface area contributed by atoms with Gasteiger partial charge in [0, 0.05) is 19.4 Å². The average molecular weight is 1080 g/mol. The normalized spacial score (nSPS) is 43.8. The minimum Gasteiger partial charge on any atom is -0.479 e. The van der Waals surface area contributed by atoms with Gasteiger partial charge in [0.1, 0.15) is 104 Å². The SMILES string of the molecule is COC(=O)CCCCCCCCO[C@@H]1O[C@H](CO)[C@@H](O[C@@H]2O[C@@H](C)[C@@H](O)[C@@H](O)[C@@H]2O)[C@H](O[C@@H]2O[C@H](CO)[C@H](O)[C@H](O[C@]3(C(=O)O)C[C@H](O)[C@@H](N)[C@H]([C@H](O)[C@H](O)CO)O3)[C@H]2O)[C@H]1N[C@@H]1O[C@H](C(=O)O)[C@@H](O)[C@H](O)[C@H]1O. The topological polar surface area (TPSA) is 505 Å². The summed E-state index contributed by atoms with van der Waals surface area (Å²) in [6.07, 6.45) is -43.2. The second-order valence-corrected chi connectivity index (χ2v) is 18.9. The van der Waals surface area contributed by atoms with Gasteiger partial charge in [-0.1, -0.05) is 25.7 Å². The van der Waals surface area contributed by atoms with Crippen LogP contribution in [0.4, 0.5) is 0 Å². The van der Waals surface area contributed by atoms with Crippen LogP contribution in [0.3, 0.4) is 0 Å². The van der Waals surface area contributed by atoms with Crippen molar-refractivity contribution in [3.8, 4) is 0 Å². The van der Waals surface area contributed by atoms with E-state index in [9.17, 15) is 96.1 Å². The van der Waals surface area contributed by atoms with E-state index in [2.05, 4.69) is 10.1 Å². The summed E-state index contributed by atoms with van der Waals surface area (Å²) in [7, 11) is 1.28. The fourth-order valence-corrected chi connectivity index (χ4v) is 9.31. The molecule has 0 amide bonds. The Balaban J connectivity index is 1.55. The van der Waals surface area contributed by atoms with Crippen molar-refractivity contribution in [2.75, 3.05) is 33.5 Å². The number of hydrogen-bond donors (Lipinski definition) is 18. The number of aliphatic hydroxyl groups excluding tert-OH is 14. The molecular weight excluding hydrogens is 1010 g/mol. The highest BCUT2D eigenvalue weighted by Gasteiger charge is 2.61. The quantitative estimate of drug-likeness (QED) is 0.0298. The van der Waals surface area contributed by atoms with E-state index >= 15 is 0 Å². The number of carbonyl (C=O) groups excluding carboxylic acids is 1. The first-order valence-electron chi connectivity index (χ1n) is 24.2.